The molecule has 2 saturated heterocycles. The molecule has 1 aromatic heterocycles. The Hall–Kier alpha value is -1.58. The number of piperidine rings is 1. The largest absolute Gasteiger partial charge is 0.384 e. The van der Waals surface area contributed by atoms with E-state index in [0.29, 0.717) is 38.5 Å². The summed E-state index contributed by atoms with van der Waals surface area (Å²) < 4.78 is 30.8. The third-order valence-corrected chi connectivity index (χ3v) is 6.68. The van der Waals surface area contributed by atoms with Crippen LogP contribution in [0.2, 0.25) is 0 Å². The quantitative estimate of drug-likeness (QED) is 0.756. The van der Waals surface area contributed by atoms with Gasteiger partial charge in [-0.15, -0.1) is 0 Å². The van der Waals surface area contributed by atoms with Crippen molar-refractivity contribution in [2.24, 2.45) is 11.3 Å². The molecular formula is C16H24N4O4S. The molecule has 0 aliphatic carbocycles. The Kier molecular flexibility index (Phi) is 5.08. The fourth-order valence-electron chi connectivity index (χ4n) is 3.97. The summed E-state index contributed by atoms with van der Waals surface area (Å²) in [7, 11) is -1.58. The molecule has 1 aromatic rings. The monoisotopic (exact) mass is 368 g/mol. The number of carbonyl (C=O) groups excluding carboxylic acids is 1. The van der Waals surface area contributed by atoms with Crippen molar-refractivity contribution >= 4 is 15.9 Å². The Bertz CT molecular complexity index is 717. The lowest BCUT2D eigenvalue weighted by Gasteiger charge is -2.42. The van der Waals surface area contributed by atoms with Crippen molar-refractivity contribution in [1.82, 2.24) is 19.2 Å². The molecule has 3 heterocycles. The zero-order chi connectivity index (χ0) is 18.1. The van der Waals surface area contributed by atoms with Crippen molar-refractivity contribution in [2.45, 2.75) is 12.8 Å². The van der Waals surface area contributed by atoms with Gasteiger partial charge in [0, 0.05) is 45.4 Å². The highest BCUT2D eigenvalue weighted by Gasteiger charge is 2.50. The molecular weight excluding hydrogens is 344 g/mol. The van der Waals surface area contributed by atoms with E-state index >= 15 is 0 Å². The summed E-state index contributed by atoms with van der Waals surface area (Å²) in [4.78, 5) is 22.2. The standard InChI is InChI=1S/C16H24N4O4S/c1-24-10-13-9-20(25(2,22)23)11-16(13)4-7-19(8-5-16)15(21)14-3-6-17-12-18-14/h3,6,12-13H,4-5,7-11H2,1-2H3. The average molecular weight is 368 g/mol. The molecule has 1 atom stereocenters. The van der Waals surface area contributed by atoms with E-state index in [4.69, 9.17) is 4.74 Å². The Balaban J connectivity index is 1.71. The minimum Gasteiger partial charge on any atom is -0.384 e. The van der Waals surface area contributed by atoms with Crippen LogP contribution in [-0.2, 0) is 14.8 Å². The van der Waals surface area contributed by atoms with Crippen molar-refractivity contribution < 1.29 is 17.9 Å². The molecule has 0 aromatic carbocycles. The molecule has 0 radical (unpaired) electrons. The van der Waals surface area contributed by atoms with Crippen LogP contribution in [0.4, 0.5) is 0 Å². The smallest absolute Gasteiger partial charge is 0.272 e. The lowest BCUT2D eigenvalue weighted by molar-refractivity contribution is 0.0324. The molecule has 0 saturated carbocycles. The molecule has 2 aliphatic rings. The number of hydrogen-bond donors (Lipinski definition) is 0. The van der Waals surface area contributed by atoms with Gasteiger partial charge in [-0.1, -0.05) is 0 Å². The van der Waals surface area contributed by atoms with E-state index in [2.05, 4.69) is 9.97 Å². The first-order valence-corrected chi connectivity index (χ1v) is 10.2. The second-order valence-corrected chi connectivity index (χ2v) is 8.94. The molecule has 0 bridgehead atoms. The van der Waals surface area contributed by atoms with Crippen LogP contribution in [0.3, 0.4) is 0 Å². The van der Waals surface area contributed by atoms with Gasteiger partial charge in [-0.3, -0.25) is 4.79 Å². The first-order chi connectivity index (χ1) is 11.9. The van der Waals surface area contributed by atoms with Gasteiger partial charge in [-0.2, -0.15) is 0 Å². The van der Waals surface area contributed by atoms with Gasteiger partial charge in [-0.25, -0.2) is 22.7 Å². The summed E-state index contributed by atoms with van der Waals surface area (Å²) in [5.74, 6) is 0.0574. The molecule has 2 aliphatic heterocycles. The Labute approximate surface area is 148 Å². The van der Waals surface area contributed by atoms with Crippen LogP contribution in [0.15, 0.2) is 18.6 Å². The van der Waals surface area contributed by atoms with E-state index < -0.39 is 10.0 Å². The molecule has 0 N–H and O–H groups in total. The Morgan fingerprint density at radius 2 is 2.12 bits per heavy atom. The van der Waals surface area contributed by atoms with Crippen LogP contribution in [0.5, 0.6) is 0 Å². The fourth-order valence-corrected chi connectivity index (χ4v) is 4.91. The zero-order valence-electron chi connectivity index (χ0n) is 14.6. The summed E-state index contributed by atoms with van der Waals surface area (Å²) in [5.41, 5.74) is 0.269. The molecule has 8 nitrogen and oxygen atoms in total. The van der Waals surface area contributed by atoms with Crippen LogP contribution < -0.4 is 0 Å². The molecule has 25 heavy (non-hydrogen) atoms. The van der Waals surface area contributed by atoms with Gasteiger partial charge in [0.2, 0.25) is 10.0 Å². The van der Waals surface area contributed by atoms with Crippen LogP contribution >= 0.6 is 0 Å². The van der Waals surface area contributed by atoms with E-state index in [9.17, 15) is 13.2 Å². The van der Waals surface area contributed by atoms with Gasteiger partial charge in [-0.05, 0) is 24.3 Å². The number of carbonyl (C=O) groups is 1. The van der Waals surface area contributed by atoms with E-state index in [-0.39, 0.29) is 17.2 Å². The van der Waals surface area contributed by atoms with Crippen LogP contribution in [0.1, 0.15) is 23.3 Å². The normalized spacial score (nSPS) is 23.9. The van der Waals surface area contributed by atoms with Gasteiger partial charge < -0.3 is 9.64 Å². The fraction of sp³-hybridized carbons (Fsp3) is 0.688. The number of likely N-dealkylation sites (tertiary alicyclic amines) is 1. The maximum absolute atomic E-state index is 12.5. The molecule has 1 spiro atoms. The second kappa shape index (κ2) is 6.97. The van der Waals surface area contributed by atoms with E-state index in [1.807, 2.05) is 0 Å². The maximum Gasteiger partial charge on any atom is 0.272 e. The van der Waals surface area contributed by atoms with Crippen molar-refractivity contribution in [3.05, 3.63) is 24.3 Å². The lowest BCUT2D eigenvalue weighted by Crippen LogP contribution is -2.47. The van der Waals surface area contributed by atoms with E-state index in [1.54, 1.807) is 28.6 Å². The highest BCUT2D eigenvalue weighted by Crippen LogP contribution is 2.45. The first kappa shape index (κ1) is 18.2. The topological polar surface area (TPSA) is 92.7 Å². The van der Waals surface area contributed by atoms with E-state index in [0.717, 1.165) is 12.8 Å². The number of nitrogens with zero attached hydrogens (tertiary/aromatic N) is 4. The molecule has 1 amide bonds. The predicted molar refractivity (Wildman–Crippen MR) is 91.4 cm³/mol. The summed E-state index contributed by atoms with van der Waals surface area (Å²) in [5, 5.41) is 0. The summed E-state index contributed by atoms with van der Waals surface area (Å²) in [6.07, 6.45) is 5.72. The molecule has 3 rings (SSSR count). The van der Waals surface area contributed by atoms with Gasteiger partial charge in [0.05, 0.1) is 12.9 Å². The Morgan fingerprint density at radius 1 is 1.40 bits per heavy atom. The summed E-state index contributed by atoms with van der Waals surface area (Å²) >= 11 is 0. The van der Waals surface area contributed by atoms with Gasteiger partial charge in [0.15, 0.2) is 0 Å². The van der Waals surface area contributed by atoms with Crippen molar-refractivity contribution in [3.8, 4) is 0 Å². The predicted octanol–water partition coefficient (Wildman–Crippen LogP) is 0.237. The maximum atomic E-state index is 12.5. The minimum absolute atomic E-state index is 0.0986. The first-order valence-electron chi connectivity index (χ1n) is 8.35. The minimum atomic E-state index is -3.22. The third-order valence-electron chi connectivity index (χ3n) is 5.47. The number of hydrogen-bond acceptors (Lipinski definition) is 6. The SMILES string of the molecule is COCC1CN(S(C)(=O)=O)CC12CCN(C(=O)c1ccncn1)CC2. The lowest BCUT2D eigenvalue weighted by atomic mass is 9.71. The van der Waals surface area contributed by atoms with Crippen molar-refractivity contribution in [2.75, 3.05) is 46.2 Å². The third kappa shape index (κ3) is 3.68. The van der Waals surface area contributed by atoms with Crippen LogP contribution in [0, 0.1) is 11.3 Å². The van der Waals surface area contributed by atoms with Crippen LogP contribution in [-0.4, -0.2) is 79.6 Å². The zero-order valence-corrected chi connectivity index (χ0v) is 15.4. The molecule has 138 valence electrons. The number of aromatic nitrogens is 2. The van der Waals surface area contributed by atoms with Gasteiger partial charge in [0.25, 0.3) is 5.91 Å². The Morgan fingerprint density at radius 3 is 2.68 bits per heavy atom. The number of sulfonamides is 1. The number of rotatable bonds is 4. The number of ether oxygens (including phenoxy) is 1. The summed E-state index contributed by atoms with van der Waals surface area (Å²) in [6.45, 7) is 2.73. The molecule has 1 unspecified atom stereocenters. The number of methoxy groups -OCH3 is 1. The van der Waals surface area contributed by atoms with Crippen LogP contribution in [0.25, 0.3) is 0 Å². The van der Waals surface area contributed by atoms with E-state index in [1.165, 1.54) is 12.6 Å². The number of amides is 1. The second-order valence-electron chi connectivity index (χ2n) is 6.96. The summed E-state index contributed by atoms with van der Waals surface area (Å²) in [6, 6.07) is 1.61. The van der Waals surface area contributed by atoms with Crippen molar-refractivity contribution in [3.63, 3.8) is 0 Å². The van der Waals surface area contributed by atoms with Crippen molar-refractivity contribution in [1.29, 1.82) is 0 Å². The molecule has 9 heteroatoms. The average Bonchev–Trinajstić information content (AvgIpc) is 2.95. The van der Waals surface area contributed by atoms with Gasteiger partial charge >= 0.3 is 0 Å². The molecule has 2 fully saturated rings. The highest BCUT2D eigenvalue weighted by atomic mass is 32.2. The highest BCUT2D eigenvalue weighted by molar-refractivity contribution is 7.88. The van der Waals surface area contributed by atoms with Gasteiger partial charge in [0.1, 0.15) is 12.0 Å².